The van der Waals surface area contributed by atoms with Gasteiger partial charge < -0.3 is 9.47 Å². The minimum absolute atomic E-state index is 0.00995. The third-order valence-electron chi connectivity index (χ3n) is 4.78. The number of halogens is 7. The van der Waals surface area contributed by atoms with Crippen LogP contribution >= 0.6 is 0 Å². The van der Waals surface area contributed by atoms with Gasteiger partial charge in [0, 0.05) is 12.0 Å². The van der Waals surface area contributed by atoms with E-state index in [0.717, 1.165) is 6.07 Å². The molecule has 0 radical (unpaired) electrons. The Morgan fingerprint density at radius 3 is 2.33 bits per heavy atom. The van der Waals surface area contributed by atoms with Crippen LogP contribution in [0.4, 0.5) is 30.7 Å². The zero-order valence-corrected chi connectivity index (χ0v) is 13.6. The zero-order chi connectivity index (χ0) is 20.0. The number of esters is 1. The fourth-order valence-electron chi connectivity index (χ4n) is 3.38. The van der Waals surface area contributed by atoms with E-state index in [1.807, 2.05) is 0 Å². The summed E-state index contributed by atoms with van der Waals surface area (Å²) in [7, 11) is 0. The Bertz CT molecular complexity index is 726. The van der Waals surface area contributed by atoms with E-state index in [-0.39, 0.29) is 18.3 Å². The molecule has 1 aliphatic heterocycles. The maximum atomic E-state index is 13.7. The lowest BCUT2D eigenvalue weighted by molar-refractivity contribution is -0.234. The summed E-state index contributed by atoms with van der Waals surface area (Å²) in [5.41, 5.74) is -1.75. The smallest absolute Gasteiger partial charge is 0.490 e. The van der Waals surface area contributed by atoms with Crippen LogP contribution in [0.25, 0.3) is 0 Å². The number of ether oxygens (including phenoxy) is 2. The zero-order valence-electron chi connectivity index (χ0n) is 13.6. The number of benzene rings is 1. The molecule has 1 aromatic rings. The summed E-state index contributed by atoms with van der Waals surface area (Å²) in [4.78, 5) is 10.9. The summed E-state index contributed by atoms with van der Waals surface area (Å²) in [6.45, 7) is 0.359. The van der Waals surface area contributed by atoms with Gasteiger partial charge in [-0.2, -0.15) is 26.3 Å². The van der Waals surface area contributed by atoms with Crippen LogP contribution in [0.2, 0.25) is 0 Å². The molecule has 150 valence electrons. The van der Waals surface area contributed by atoms with Crippen molar-refractivity contribution in [3.8, 4) is 5.75 Å². The van der Waals surface area contributed by atoms with E-state index in [9.17, 15) is 35.5 Å². The molecule has 1 aromatic carbocycles. The average molecular weight is 401 g/mol. The van der Waals surface area contributed by atoms with Crippen molar-refractivity contribution in [2.24, 2.45) is 11.3 Å². The summed E-state index contributed by atoms with van der Waals surface area (Å²) in [5.74, 6) is -3.90. The van der Waals surface area contributed by atoms with Crippen molar-refractivity contribution >= 4 is 5.97 Å². The number of carbonyl (C=O) groups excluding carboxylic acids is 1. The maximum absolute atomic E-state index is 13.7. The second kappa shape index (κ2) is 6.54. The largest absolute Gasteiger partial charge is 0.490 e. The van der Waals surface area contributed by atoms with E-state index in [4.69, 9.17) is 4.74 Å². The molecule has 11 heteroatoms. The third-order valence-corrected chi connectivity index (χ3v) is 4.78. The van der Waals surface area contributed by atoms with Crippen LogP contribution in [0.15, 0.2) is 18.2 Å². The lowest BCUT2D eigenvalue weighted by Gasteiger charge is -2.58. The number of hydrogen-bond acceptors (Lipinski definition) is 4. The first-order valence-electron chi connectivity index (χ1n) is 7.91. The average Bonchev–Trinajstić information content (AvgIpc) is 2.49. The Hall–Kier alpha value is -2.04. The molecule has 1 unspecified atom stereocenters. The molecular formula is C16H14F7NO3. The van der Waals surface area contributed by atoms with Crippen molar-refractivity contribution in [2.45, 2.75) is 31.4 Å². The van der Waals surface area contributed by atoms with Gasteiger partial charge in [0.25, 0.3) is 0 Å². The van der Waals surface area contributed by atoms with E-state index >= 15 is 0 Å². The van der Waals surface area contributed by atoms with Crippen molar-refractivity contribution in [1.82, 2.24) is 5.32 Å². The topological polar surface area (TPSA) is 47.6 Å². The van der Waals surface area contributed by atoms with Crippen molar-refractivity contribution < 1.29 is 45.0 Å². The van der Waals surface area contributed by atoms with Gasteiger partial charge in [0.2, 0.25) is 0 Å². The van der Waals surface area contributed by atoms with Crippen LogP contribution in [-0.2, 0) is 15.7 Å². The first-order chi connectivity index (χ1) is 12.4. The maximum Gasteiger partial charge on any atom is 0.490 e. The minimum Gasteiger partial charge on any atom is -0.490 e. The molecular weight excluding hydrogens is 387 g/mol. The number of alkyl halides is 6. The standard InChI is InChI=1S/C16H14F7NO3/c17-10-3-9(15(18,19)20)1-2-11(10)26-6-8-4-14(5-8)7-24-12(14)27-13(25)16(21,22)23/h1-3,8,12,24H,4-7H2. The summed E-state index contributed by atoms with van der Waals surface area (Å²) >= 11 is 0. The summed E-state index contributed by atoms with van der Waals surface area (Å²) in [6.07, 6.45) is -10.0. The SMILES string of the molecule is O=C(OC1NCC12CC(COc1ccc(C(F)(F)F)cc1F)C2)C(F)(F)F. The van der Waals surface area contributed by atoms with Gasteiger partial charge in [0.15, 0.2) is 17.8 Å². The van der Waals surface area contributed by atoms with Crippen LogP contribution in [0, 0.1) is 17.2 Å². The first kappa shape index (κ1) is 19.7. The third kappa shape index (κ3) is 3.97. The highest BCUT2D eigenvalue weighted by Crippen LogP contribution is 2.52. The molecule has 0 amide bonds. The van der Waals surface area contributed by atoms with E-state index in [0.29, 0.717) is 31.5 Å². The minimum atomic E-state index is -5.08. The lowest BCUT2D eigenvalue weighted by atomic mass is 9.57. The van der Waals surface area contributed by atoms with Crippen LogP contribution in [0.5, 0.6) is 5.75 Å². The second-order valence-electron chi connectivity index (χ2n) is 6.75. The molecule has 1 saturated carbocycles. The molecule has 3 rings (SSSR count). The molecule has 4 nitrogen and oxygen atoms in total. The Morgan fingerprint density at radius 2 is 1.85 bits per heavy atom. The summed E-state index contributed by atoms with van der Waals surface area (Å²) in [6, 6.07) is 1.91. The van der Waals surface area contributed by atoms with Crippen LogP contribution < -0.4 is 10.1 Å². The number of carbonyl (C=O) groups is 1. The molecule has 2 fully saturated rings. The van der Waals surface area contributed by atoms with Gasteiger partial charge in [0.05, 0.1) is 12.2 Å². The highest BCUT2D eigenvalue weighted by molar-refractivity contribution is 5.75. The van der Waals surface area contributed by atoms with Crippen molar-refractivity contribution in [1.29, 1.82) is 0 Å². The van der Waals surface area contributed by atoms with E-state index in [1.165, 1.54) is 0 Å². The number of rotatable bonds is 4. The molecule has 1 spiro atoms. The molecule has 1 N–H and O–H groups in total. The Balaban J connectivity index is 1.49. The van der Waals surface area contributed by atoms with E-state index in [2.05, 4.69) is 10.1 Å². The first-order valence-corrected chi connectivity index (χ1v) is 7.91. The highest BCUT2D eigenvalue weighted by atomic mass is 19.4. The molecule has 0 aromatic heterocycles. The molecule has 1 heterocycles. The van der Waals surface area contributed by atoms with Gasteiger partial charge in [-0.3, -0.25) is 5.32 Å². The lowest BCUT2D eigenvalue weighted by Crippen LogP contribution is -2.69. The predicted octanol–water partition coefficient (Wildman–Crippen LogP) is 3.65. The van der Waals surface area contributed by atoms with Crippen LogP contribution in [0.3, 0.4) is 0 Å². The van der Waals surface area contributed by atoms with E-state index < -0.39 is 41.3 Å². The second-order valence-corrected chi connectivity index (χ2v) is 6.75. The van der Waals surface area contributed by atoms with Gasteiger partial charge in [0.1, 0.15) is 0 Å². The van der Waals surface area contributed by atoms with Gasteiger partial charge in [-0.05, 0) is 37.0 Å². The Labute approximate surface area is 148 Å². The van der Waals surface area contributed by atoms with Gasteiger partial charge in [-0.25, -0.2) is 9.18 Å². The quantitative estimate of drug-likeness (QED) is 0.618. The molecule has 27 heavy (non-hydrogen) atoms. The summed E-state index contributed by atoms with van der Waals surface area (Å²) in [5, 5.41) is 2.61. The number of hydrogen-bond donors (Lipinski definition) is 1. The van der Waals surface area contributed by atoms with Crippen molar-refractivity contribution in [2.75, 3.05) is 13.2 Å². The fourth-order valence-corrected chi connectivity index (χ4v) is 3.38. The summed E-state index contributed by atoms with van der Waals surface area (Å²) < 4.78 is 97.5. The Kier molecular flexibility index (Phi) is 4.77. The van der Waals surface area contributed by atoms with Crippen LogP contribution in [-0.4, -0.2) is 31.5 Å². The van der Waals surface area contributed by atoms with Crippen molar-refractivity contribution in [3.05, 3.63) is 29.6 Å². The Morgan fingerprint density at radius 1 is 1.19 bits per heavy atom. The monoisotopic (exact) mass is 401 g/mol. The predicted molar refractivity (Wildman–Crippen MR) is 76.0 cm³/mol. The van der Waals surface area contributed by atoms with Gasteiger partial charge in [-0.1, -0.05) is 0 Å². The van der Waals surface area contributed by atoms with Crippen LogP contribution in [0.1, 0.15) is 18.4 Å². The molecule has 2 aliphatic rings. The normalized spacial score (nSPS) is 27.7. The molecule has 1 atom stereocenters. The number of nitrogens with one attached hydrogen (secondary N) is 1. The molecule has 1 saturated heterocycles. The van der Waals surface area contributed by atoms with E-state index in [1.54, 1.807) is 0 Å². The highest BCUT2D eigenvalue weighted by Gasteiger charge is 2.59. The van der Waals surface area contributed by atoms with Gasteiger partial charge in [-0.15, -0.1) is 0 Å². The van der Waals surface area contributed by atoms with Gasteiger partial charge >= 0.3 is 18.3 Å². The molecule has 0 bridgehead atoms. The fraction of sp³-hybridized carbons (Fsp3) is 0.562. The van der Waals surface area contributed by atoms with Crippen molar-refractivity contribution in [3.63, 3.8) is 0 Å². The molecule has 1 aliphatic carbocycles.